The van der Waals surface area contributed by atoms with E-state index < -0.39 is 51.9 Å². The van der Waals surface area contributed by atoms with Crippen molar-refractivity contribution in [2.24, 2.45) is 5.41 Å². The molecule has 1 aliphatic carbocycles. The monoisotopic (exact) mass is 514 g/mol. The molecule has 0 bridgehead atoms. The van der Waals surface area contributed by atoms with Gasteiger partial charge in [0.2, 0.25) is 10.0 Å². The molecule has 6 nitrogen and oxygen atoms in total. The maximum Gasteiger partial charge on any atom is 0.497 e. The third-order valence-electron chi connectivity index (χ3n) is 7.02. The molecule has 1 atom stereocenters. The van der Waals surface area contributed by atoms with Gasteiger partial charge in [0.1, 0.15) is 11.9 Å². The Morgan fingerprint density at radius 2 is 1.71 bits per heavy atom. The van der Waals surface area contributed by atoms with Gasteiger partial charge >= 0.3 is 7.12 Å². The lowest BCUT2D eigenvalue weighted by Crippen LogP contribution is -2.41. The average Bonchev–Trinajstić information content (AvgIpc) is 3.45. The Morgan fingerprint density at radius 3 is 2.20 bits per heavy atom. The van der Waals surface area contributed by atoms with E-state index in [1.807, 2.05) is 48.5 Å². The standard InChI is InChI=1S/C24H34BF3N2O4S/c1-22(2,3)13-30-12-16(20(21(27)28)29-35(31,32)14-8-9-14)15-10-18(26)17(11-19(15)30)25-33-23(4,5)24(6,7)34-25/h10-12,14,20-21,29H,8-9,13H2,1-7H3. The van der Waals surface area contributed by atoms with E-state index in [1.54, 1.807) is 10.6 Å². The second kappa shape index (κ2) is 8.50. The van der Waals surface area contributed by atoms with Crippen molar-refractivity contribution in [2.75, 3.05) is 0 Å². The zero-order valence-corrected chi connectivity index (χ0v) is 22.1. The van der Waals surface area contributed by atoms with Gasteiger partial charge in [-0.1, -0.05) is 20.8 Å². The van der Waals surface area contributed by atoms with E-state index in [2.05, 4.69) is 4.72 Å². The van der Waals surface area contributed by atoms with E-state index in [-0.39, 0.29) is 21.8 Å². The smallest absolute Gasteiger partial charge is 0.399 e. The maximum atomic E-state index is 15.4. The van der Waals surface area contributed by atoms with Crippen molar-refractivity contribution in [3.63, 3.8) is 0 Å². The molecule has 1 unspecified atom stereocenters. The molecule has 1 saturated heterocycles. The average molecular weight is 514 g/mol. The van der Waals surface area contributed by atoms with Gasteiger partial charge in [-0.25, -0.2) is 26.3 Å². The Balaban J connectivity index is 1.84. The summed E-state index contributed by atoms with van der Waals surface area (Å²) in [5, 5.41) is -0.422. The van der Waals surface area contributed by atoms with Gasteiger partial charge in [-0.3, -0.25) is 0 Å². The number of hydrogen-bond acceptors (Lipinski definition) is 4. The van der Waals surface area contributed by atoms with Crippen LogP contribution in [0, 0.1) is 11.2 Å². The van der Waals surface area contributed by atoms with Gasteiger partial charge in [-0.05, 0) is 58.1 Å². The zero-order valence-electron chi connectivity index (χ0n) is 21.3. The first kappa shape index (κ1) is 26.5. The highest BCUT2D eigenvalue weighted by atomic mass is 32.2. The Morgan fingerprint density at radius 1 is 1.14 bits per heavy atom. The summed E-state index contributed by atoms with van der Waals surface area (Å²) in [5.74, 6) is -0.663. The van der Waals surface area contributed by atoms with Gasteiger partial charge in [0, 0.05) is 34.7 Å². The number of rotatable bonds is 7. The summed E-state index contributed by atoms with van der Waals surface area (Å²) < 4.78 is 84.9. The van der Waals surface area contributed by atoms with Crippen molar-refractivity contribution in [3.8, 4) is 0 Å². The molecular formula is C24H34BF3N2O4S. The van der Waals surface area contributed by atoms with Crippen LogP contribution in [0.3, 0.4) is 0 Å². The van der Waals surface area contributed by atoms with E-state index in [4.69, 9.17) is 9.31 Å². The largest absolute Gasteiger partial charge is 0.497 e. The molecule has 1 aliphatic heterocycles. The van der Waals surface area contributed by atoms with Gasteiger partial charge in [0.15, 0.2) is 0 Å². The van der Waals surface area contributed by atoms with E-state index in [0.29, 0.717) is 24.9 Å². The topological polar surface area (TPSA) is 69.6 Å². The van der Waals surface area contributed by atoms with Crippen molar-refractivity contribution in [2.45, 2.75) is 96.8 Å². The highest BCUT2D eigenvalue weighted by Gasteiger charge is 2.52. The molecule has 1 aromatic carbocycles. The summed E-state index contributed by atoms with van der Waals surface area (Å²) in [6.07, 6.45) is -0.606. The van der Waals surface area contributed by atoms with Gasteiger partial charge in [0.05, 0.1) is 16.5 Å². The minimum absolute atomic E-state index is 0.0443. The van der Waals surface area contributed by atoms with Crippen LogP contribution in [0.1, 0.15) is 72.9 Å². The lowest BCUT2D eigenvalue weighted by atomic mass is 9.78. The number of aromatic nitrogens is 1. The van der Waals surface area contributed by atoms with Crippen LogP contribution in [-0.4, -0.2) is 43.0 Å². The Labute approximate surface area is 205 Å². The normalized spacial score (nSPS) is 21.3. The molecule has 0 amide bonds. The van der Waals surface area contributed by atoms with E-state index in [1.165, 1.54) is 12.3 Å². The second-order valence-electron chi connectivity index (χ2n) is 11.9. The molecule has 35 heavy (non-hydrogen) atoms. The first-order chi connectivity index (χ1) is 15.9. The van der Waals surface area contributed by atoms with Gasteiger partial charge in [0.25, 0.3) is 6.43 Å². The molecule has 1 aromatic heterocycles. The molecule has 2 fully saturated rings. The minimum Gasteiger partial charge on any atom is -0.399 e. The predicted octanol–water partition coefficient (Wildman–Crippen LogP) is 4.51. The molecule has 1 N–H and O–H groups in total. The van der Waals surface area contributed by atoms with Crippen LogP contribution in [0.25, 0.3) is 10.9 Å². The summed E-state index contributed by atoms with van der Waals surface area (Å²) in [6, 6.07) is 0.969. The molecule has 0 spiro atoms. The summed E-state index contributed by atoms with van der Waals surface area (Å²) in [4.78, 5) is 0. The van der Waals surface area contributed by atoms with Crippen molar-refractivity contribution in [1.29, 1.82) is 0 Å². The number of nitrogens with zero attached hydrogens (tertiary/aromatic N) is 1. The molecule has 2 aromatic rings. The van der Waals surface area contributed by atoms with Crippen molar-refractivity contribution in [3.05, 3.63) is 29.7 Å². The van der Waals surface area contributed by atoms with Gasteiger partial charge < -0.3 is 13.9 Å². The highest BCUT2D eigenvalue weighted by Crippen LogP contribution is 2.38. The van der Waals surface area contributed by atoms with Crippen LogP contribution in [0.15, 0.2) is 18.3 Å². The third-order valence-corrected chi connectivity index (χ3v) is 8.96. The number of alkyl halides is 2. The van der Waals surface area contributed by atoms with Crippen LogP contribution in [-0.2, 0) is 25.9 Å². The molecule has 2 heterocycles. The van der Waals surface area contributed by atoms with Crippen LogP contribution in [0.5, 0.6) is 0 Å². The van der Waals surface area contributed by atoms with Crippen LogP contribution in [0.4, 0.5) is 13.2 Å². The van der Waals surface area contributed by atoms with Gasteiger partial charge in [-0.2, -0.15) is 0 Å². The van der Waals surface area contributed by atoms with E-state index >= 15 is 4.39 Å². The summed E-state index contributed by atoms with van der Waals surface area (Å²) in [7, 11) is -4.87. The summed E-state index contributed by atoms with van der Waals surface area (Å²) in [6.45, 7) is 13.9. The fourth-order valence-electron chi connectivity index (χ4n) is 4.30. The third kappa shape index (κ3) is 5.15. The number of sulfonamides is 1. The highest BCUT2D eigenvalue weighted by molar-refractivity contribution is 7.90. The predicted molar refractivity (Wildman–Crippen MR) is 131 cm³/mol. The second-order valence-corrected chi connectivity index (χ2v) is 13.9. The Kier molecular flexibility index (Phi) is 6.44. The molecule has 0 radical (unpaired) electrons. The fraction of sp³-hybridized carbons (Fsp3) is 0.667. The molecule has 1 saturated carbocycles. The molecule has 194 valence electrons. The van der Waals surface area contributed by atoms with Crippen molar-refractivity contribution >= 4 is 33.5 Å². The van der Waals surface area contributed by atoms with Crippen LogP contribution in [0.2, 0.25) is 0 Å². The fourth-order valence-corrected chi connectivity index (χ4v) is 5.83. The number of hydrogen-bond donors (Lipinski definition) is 1. The number of fused-ring (bicyclic) bond motifs is 1. The summed E-state index contributed by atoms with van der Waals surface area (Å²) >= 11 is 0. The van der Waals surface area contributed by atoms with E-state index in [9.17, 15) is 17.2 Å². The van der Waals surface area contributed by atoms with E-state index in [0.717, 1.165) is 0 Å². The Bertz CT molecular complexity index is 1220. The Hall–Kier alpha value is -1.56. The zero-order chi connectivity index (χ0) is 26.1. The minimum atomic E-state index is -3.90. The molecule has 4 rings (SSSR count). The SMILES string of the molecule is CC(C)(C)Cn1cc(C(NS(=O)(=O)C2CC2)C(F)F)c2cc(F)c(B3OC(C)(C)C(C)(C)O3)cc21. The van der Waals surface area contributed by atoms with Crippen LogP contribution < -0.4 is 10.2 Å². The molecule has 11 heteroatoms. The molecule has 2 aliphatic rings. The van der Waals surface area contributed by atoms with Crippen LogP contribution >= 0.6 is 0 Å². The first-order valence-corrected chi connectivity index (χ1v) is 13.4. The van der Waals surface area contributed by atoms with Crippen molar-refractivity contribution in [1.82, 2.24) is 9.29 Å². The lowest BCUT2D eigenvalue weighted by molar-refractivity contribution is 0.00578. The number of halogens is 3. The van der Waals surface area contributed by atoms with Crippen molar-refractivity contribution < 1.29 is 30.9 Å². The number of nitrogens with one attached hydrogen (secondary N) is 1. The quantitative estimate of drug-likeness (QED) is 0.552. The number of benzene rings is 1. The van der Waals surface area contributed by atoms with Gasteiger partial charge in [-0.15, -0.1) is 0 Å². The summed E-state index contributed by atoms with van der Waals surface area (Å²) in [5.41, 5.74) is -0.863. The maximum absolute atomic E-state index is 15.4. The lowest BCUT2D eigenvalue weighted by Gasteiger charge is -2.32. The molecular weight excluding hydrogens is 480 g/mol. The first-order valence-electron chi connectivity index (χ1n) is 11.9.